The second kappa shape index (κ2) is 3.69. The second-order valence-electron chi connectivity index (χ2n) is 3.00. The van der Waals surface area contributed by atoms with Crippen molar-refractivity contribution in [2.75, 3.05) is 0 Å². The highest BCUT2D eigenvalue weighted by atomic mass is 19.3. The van der Waals surface area contributed by atoms with Crippen molar-refractivity contribution >= 4 is 5.69 Å². The Balaban J connectivity index is 3.45. The van der Waals surface area contributed by atoms with E-state index in [0.717, 1.165) is 6.07 Å². The molecule has 5 heteroatoms. The monoisotopic (exact) mass is 201 g/mol. The summed E-state index contributed by atoms with van der Waals surface area (Å²) in [7, 11) is 0. The van der Waals surface area contributed by atoms with Gasteiger partial charge in [0, 0.05) is 5.56 Å². The van der Waals surface area contributed by atoms with E-state index in [0.29, 0.717) is 11.1 Å². The van der Waals surface area contributed by atoms with Crippen LogP contribution in [0.25, 0.3) is 0 Å². The van der Waals surface area contributed by atoms with E-state index in [1.54, 1.807) is 6.92 Å². The molecule has 1 aromatic rings. The van der Waals surface area contributed by atoms with E-state index in [-0.39, 0.29) is 0 Å². The van der Waals surface area contributed by atoms with Crippen LogP contribution in [0.2, 0.25) is 0 Å². The molecule has 76 valence electrons. The number of halogens is 2. The molecule has 0 bridgehead atoms. The van der Waals surface area contributed by atoms with Crippen LogP contribution in [0.1, 0.15) is 23.1 Å². The second-order valence-corrected chi connectivity index (χ2v) is 3.00. The molecule has 0 saturated heterocycles. The summed E-state index contributed by atoms with van der Waals surface area (Å²) < 4.78 is 24.8. The Morgan fingerprint density at radius 1 is 1.36 bits per heavy atom. The van der Waals surface area contributed by atoms with Crippen molar-refractivity contribution < 1.29 is 13.7 Å². The molecule has 1 aromatic carbocycles. The van der Waals surface area contributed by atoms with Gasteiger partial charge in [0.15, 0.2) is 0 Å². The van der Waals surface area contributed by atoms with Gasteiger partial charge in [-0.05, 0) is 25.5 Å². The van der Waals surface area contributed by atoms with Crippen molar-refractivity contribution in [2.45, 2.75) is 20.3 Å². The number of rotatable bonds is 2. The normalized spacial score (nSPS) is 10.6. The third-order valence-electron chi connectivity index (χ3n) is 2.15. The highest BCUT2D eigenvalue weighted by Gasteiger charge is 2.24. The molecule has 0 fully saturated rings. The maximum Gasteiger partial charge on any atom is 0.281 e. The van der Waals surface area contributed by atoms with Crippen LogP contribution in [0.15, 0.2) is 12.1 Å². The average Bonchev–Trinajstić information content (AvgIpc) is 2.08. The summed E-state index contributed by atoms with van der Waals surface area (Å²) in [4.78, 5) is 9.81. The van der Waals surface area contributed by atoms with E-state index in [4.69, 9.17) is 0 Å². The van der Waals surface area contributed by atoms with Gasteiger partial charge in [-0.15, -0.1) is 0 Å². The molecule has 0 spiro atoms. The highest BCUT2D eigenvalue weighted by Crippen LogP contribution is 2.32. The minimum absolute atomic E-state index is 0.299. The summed E-state index contributed by atoms with van der Waals surface area (Å²) >= 11 is 0. The average molecular weight is 201 g/mol. The summed E-state index contributed by atoms with van der Waals surface area (Å²) in [5.41, 5.74) is -0.0491. The van der Waals surface area contributed by atoms with Crippen LogP contribution in [-0.4, -0.2) is 4.92 Å². The van der Waals surface area contributed by atoms with Gasteiger partial charge in [0.05, 0.1) is 10.5 Å². The molecule has 0 N–H and O–H groups in total. The molecule has 3 nitrogen and oxygen atoms in total. The largest absolute Gasteiger partial charge is 0.281 e. The molecular formula is C9H9F2NO2. The van der Waals surface area contributed by atoms with Crippen molar-refractivity contribution in [3.63, 3.8) is 0 Å². The van der Waals surface area contributed by atoms with E-state index in [2.05, 4.69) is 0 Å². The molecule has 1 rings (SSSR count). The van der Waals surface area contributed by atoms with Crippen LogP contribution in [0.5, 0.6) is 0 Å². The lowest BCUT2D eigenvalue weighted by Gasteiger charge is -2.06. The molecule has 0 aliphatic carbocycles. The maximum absolute atomic E-state index is 12.4. The van der Waals surface area contributed by atoms with Crippen molar-refractivity contribution in [3.8, 4) is 0 Å². The Hall–Kier alpha value is -1.52. The summed E-state index contributed by atoms with van der Waals surface area (Å²) in [6, 6.07) is 2.56. The Bertz CT molecular complexity index is 377. The lowest BCUT2D eigenvalue weighted by molar-refractivity contribution is -0.386. The molecule has 0 radical (unpaired) electrons. The quantitative estimate of drug-likeness (QED) is 0.544. The molecule has 0 aromatic heterocycles. The van der Waals surface area contributed by atoms with E-state index in [1.165, 1.54) is 13.0 Å². The van der Waals surface area contributed by atoms with Gasteiger partial charge >= 0.3 is 0 Å². The Morgan fingerprint density at radius 2 is 1.93 bits per heavy atom. The van der Waals surface area contributed by atoms with Crippen LogP contribution in [0.3, 0.4) is 0 Å². The number of alkyl halides is 2. The molecule has 0 heterocycles. The van der Waals surface area contributed by atoms with Crippen LogP contribution in [0.4, 0.5) is 14.5 Å². The summed E-state index contributed by atoms with van der Waals surface area (Å²) in [5.74, 6) is 0. The zero-order valence-corrected chi connectivity index (χ0v) is 7.75. The van der Waals surface area contributed by atoms with E-state index in [9.17, 15) is 18.9 Å². The van der Waals surface area contributed by atoms with Crippen molar-refractivity contribution in [2.24, 2.45) is 0 Å². The van der Waals surface area contributed by atoms with Crippen molar-refractivity contribution in [1.82, 2.24) is 0 Å². The lowest BCUT2D eigenvalue weighted by atomic mass is 10.0. The standard InChI is InChI=1S/C9H9F2NO2/c1-5-3-4-7(9(10)11)8(6(5)2)12(13)14/h3-4,9H,1-2H3. The molecular weight excluding hydrogens is 192 g/mol. The Morgan fingerprint density at radius 3 is 2.36 bits per heavy atom. The first-order valence-corrected chi connectivity index (χ1v) is 3.97. The topological polar surface area (TPSA) is 43.1 Å². The summed E-state index contributed by atoms with van der Waals surface area (Å²) in [5, 5.41) is 10.6. The third kappa shape index (κ3) is 1.71. The number of hydrogen-bond donors (Lipinski definition) is 0. The predicted molar refractivity (Wildman–Crippen MR) is 47.5 cm³/mol. The molecule has 0 aliphatic heterocycles. The van der Waals surface area contributed by atoms with Gasteiger partial charge < -0.3 is 0 Å². The van der Waals surface area contributed by atoms with Gasteiger partial charge in [-0.25, -0.2) is 8.78 Å². The van der Waals surface area contributed by atoms with E-state index < -0.39 is 22.6 Å². The molecule has 0 saturated carbocycles. The number of nitrogens with zero attached hydrogens (tertiary/aromatic N) is 1. The SMILES string of the molecule is Cc1ccc(C(F)F)c([N+](=O)[O-])c1C. The van der Waals surface area contributed by atoms with Crippen molar-refractivity contribution in [1.29, 1.82) is 0 Å². The molecule has 0 amide bonds. The molecule has 0 aliphatic rings. The maximum atomic E-state index is 12.4. The first-order valence-electron chi connectivity index (χ1n) is 3.97. The third-order valence-corrected chi connectivity index (χ3v) is 2.15. The first-order chi connectivity index (χ1) is 6.45. The van der Waals surface area contributed by atoms with Crippen LogP contribution in [0, 0.1) is 24.0 Å². The van der Waals surface area contributed by atoms with Gasteiger partial charge in [-0.3, -0.25) is 10.1 Å². The molecule has 0 unspecified atom stereocenters. The molecule has 0 atom stereocenters. The van der Waals surface area contributed by atoms with Gasteiger partial charge in [0.25, 0.3) is 12.1 Å². The summed E-state index contributed by atoms with van der Waals surface area (Å²) in [6.07, 6.45) is -2.81. The fourth-order valence-corrected chi connectivity index (χ4v) is 1.24. The first kappa shape index (κ1) is 10.6. The fourth-order valence-electron chi connectivity index (χ4n) is 1.24. The number of aryl methyl sites for hydroxylation is 1. The minimum Gasteiger partial charge on any atom is -0.258 e. The minimum atomic E-state index is -2.81. The van der Waals surface area contributed by atoms with E-state index >= 15 is 0 Å². The van der Waals surface area contributed by atoms with Gasteiger partial charge in [-0.2, -0.15) is 0 Å². The number of nitro groups is 1. The van der Waals surface area contributed by atoms with E-state index in [1.807, 2.05) is 0 Å². The molecule has 14 heavy (non-hydrogen) atoms. The Kier molecular flexibility index (Phi) is 2.78. The van der Waals surface area contributed by atoms with Crippen LogP contribution in [-0.2, 0) is 0 Å². The smallest absolute Gasteiger partial charge is 0.258 e. The zero-order chi connectivity index (χ0) is 10.9. The van der Waals surface area contributed by atoms with Crippen molar-refractivity contribution in [3.05, 3.63) is 38.9 Å². The predicted octanol–water partition coefficient (Wildman–Crippen LogP) is 3.15. The summed E-state index contributed by atoms with van der Waals surface area (Å²) in [6.45, 7) is 3.12. The van der Waals surface area contributed by atoms with Crippen LogP contribution >= 0.6 is 0 Å². The Labute approximate surface area is 79.5 Å². The fraction of sp³-hybridized carbons (Fsp3) is 0.333. The number of nitro benzene ring substituents is 1. The van der Waals surface area contributed by atoms with Gasteiger partial charge in [0.2, 0.25) is 0 Å². The van der Waals surface area contributed by atoms with Crippen LogP contribution < -0.4 is 0 Å². The zero-order valence-electron chi connectivity index (χ0n) is 7.75. The van der Waals surface area contributed by atoms with Gasteiger partial charge in [0.1, 0.15) is 0 Å². The number of hydrogen-bond acceptors (Lipinski definition) is 2. The van der Waals surface area contributed by atoms with Gasteiger partial charge in [-0.1, -0.05) is 6.07 Å². The number of benzene rings is 1. The highest BCUT2D eigenvalue weighted by molar-refractivity contribution is 5.51. The lowest BCUT2D eigenvalue weighted by Crippen LogP contribution is -2.00.